The summed E-state index contributed by atoms with van der Waals surface area (Å²) in [5, 5.41) is 6.40. The van der Waals surface area contributed by atoms with Crippen molar-refractivity contribution in [3.05, 3.63) is 34.9 Å². The highest BCUT2D eigenvalue weighted by Gasteiger charge is 2.27. The second kappa shape index (κ2) is 6.99. The van der Waals surface area contributed by atoms with Crippen LogP contribution < -0.4 is 10.6 Å². The van der Waals surface area contributed by atoms with E-state index in [0.29, 0.717) is 24.4 Å². The van der Waals surface area contributed by atoms with Crippen LogP contribution in [0.25, 0.3) is 0 Å². The molecular weight excluding hydrogens is 296 g/mol. The Kier molecular flexibility index (Phi) is 5.31. The molecule has 0 radical (unpaired) electrons. The molecule has 1 fully saturated rings. The van der Waals surface area contributed by atoms with Crippen LogP contribution in [-0.2, 0) is 9.59 Å². The van der Waals surface area contributed by atoms with Crippen LogP contribution >= 0.6 is 23.4 Å². The Balaban J connectivity index is 1.91. The van der Waals surface area contributed by atoms with Gasteiger partial charge in [-0.05, 0) is 30.4 Å². The molecule has 1 aromatic rings. The van der Waals surface area contributed by atoms with Crippen molar-refractivity contribution in [2.24, 2.45) is 0 Å². The predicted molar refractivity (Wildman–Crippen MR) is 81.9 cm³/mol. The maximum Gasteiger partial charge on any atom is 0.242 e. The molecule has 2 amide bonds. The van der Waals surface area contributed by atoms with Crippen LogP contribution in [0.2, 0.25) is 5.02 Å². The molecule has 6 heteroatoms. The van der Waals surface area contributed by atoms with Crippen LogP contribution in [0.5, 0.6) is 0 Å². The highest BCUT2D eigenvalue weighted by Crippen LogP contribution is 2.27. The zero-order valence-electron chi connectivity index (χ0n) is 11.2. The molecule has 108 valence electrons. The lowest BCUT2D eigenvalue weighted by Crippen LogP contribution is -2.42. The standard InChI is InChI=1S/C14H17ClN2O2S/c1-20-12(9-3-2-4-10(15)7-9)8-16-14(19)11-5-6-13(18)17-11/h2-4,7,11-12H,5-6,8H2,1H3,(H,16,19)(H,17,18)/t11-,12+/m0/s1. The Morgan fingerprint density at radius 1 is 1.60 bits per heavy atom. The van der Waals surface area contributed by atoms with Gasteiger partial charge in [0.05, 0.1) is 0 Å². The van der Waals surface area contributed by atoms with E-state index in [9.17, 15) is 9.59 Å². The molecular formula is C14H17ClN2O2S. The molecule has 0 bridgehead atoms. The Bertz CT molecular complexity index is 510. The molecule has 0 spiro atoms. The van der Waals surface area contributed by atoms with E-state index in [1.54, 1.807) is 11.8 Å². The van der Waals surface area contributed by atoms with Gasteiger partial charge in [-0.25, -0.2) is 0 Å². The van der Waals surface area contributed by atoms with E-state index < -0.39 is 0 Å². The second-order valence-corrected chi connectivity index (χ2v) is 6.16. The summed E-state index contributed by atoms with van der Waals surface area (Å²) in [4.78, 5) is 23.0. The lowest BCUT2D eigenvalue weighted by Gasteiger charge is -2.18. The Morgan fingerprint density at radius 3 is 3.00 bits per heavy atom. The van der Waals surface area contributed by atoms with E-state index in [1.807, 2.05) is 30.5 Å². The minimum atomic E-state index is -0.385. The average Bonchev–Trinajstić information content (AvgIpc) is 2.86. The molecule has 1 heterocycles. The molecule has 0 aromatic heterocycles. The fraction of sp³-hybridized carbons (Fsp3) is 0.429. The van der Waals surface area contributed by atoms with Crippen LogP contribution in [0.15, 0.2) is 24.3 Å². The van der Waals surface area contributed by atoms with Gasteiger partial charge in [0.25, 0.3) is 0 Å². The van der Waals surface area contributed by atoms with Gasteiger partial charge in [-0.3, -0.25) is 9.59 Å². The first kappa shape index (κ1) is 15.2. The predicted octanol–water partition coefficient (Wildman–Crippen LogP) is 2.14. The van der Waals surface area contributed by atoms with Crippen LogP contribution in [0.1, 0.15) is 23.7 Å². The lowest BCUT2D eigenvalue weighted by molar-refractivity contribution is -0.125. The minimum absolute atomic E-state index is 0.0543. The molecule has 0 unspecified atom stereocenters. The van der Waals surface area contributed by atoms with Crippen LogP contribution in [0, 0.1) is 0 Å². The van der Waals surface area contributed by atoms with Crippen molar-refractivity contribution in [3.63, 3.8) is 0 Å². The highest BCUT2D eigenvalue weighted by atomic mass is 35.5. The zero-order chi connectivity index (χ0) is 14.5. The average molecular weight is 313 g/mol. The Morgan fingerprint density at radius 2 is 2.40 bits per heavy atom. The number of rotatable bonds is 5. The molecule has 1 saturated heterocycles. The molecule has 2 atom stereocenters. The number of thioether (sulfide) groups is 1. The molecule has 0 saturated carbocycles. The van der Waals surface area contributed by atoms with E-state index >= 15 is 0 Å². The summed E-state index contributed by atoms with van der Waals surface area (Å²) in [7, 11) is 0. The smallest absolute Gasteiger partial charge is 0.242 e. The zero-order valence-corrected chi connectivity index (χ0v) is 12.8. The van der Waals surface area contributed by atoms with Crippen molar-refractivity contribution in [2.45, 2.75) is 24.1 Å². The third-order valence-corrected chi connectivity index (χ3v) is 4.52. The Hall–Kier alpha value is -1.20. The van der Waals surface area contributed by atoms with Crippen LogP contribution in [0.3, 0.4) is 0 Å². The summed E-state index contributed by atoms with van der Waals surface area (Å²) in [5.74, 6) is -0.168. The number of nitrogens with one attached hydrogen (secondary N) is 2. The number of hydrogen-bond acceptors (Lipinski definition) is 3. The maximum atomic E-state index is 11.9. The van der Waals surface area contributed by atoms with Crippen molar-refractivity contribution < 1.29 is 9.59 Å². The maximum absolute atomic E-state index is 11.9. The normalized spacial score (nSPS) is 19.5. The van der Waals surface area contributed by atoms with Gasteiger partial charge >= 0.3 is 0 Å². The number of carbonyl (C=O) groups excluding carboxylic acids is 2. The van der Waals surface area contributed by atoms with Crippen molar-refractivity contribution in [3.8, 4) is 0 Å². The number of benzene rings is 1. The molecule has 1 aliphatic heterocycles. The van der Waals surface area contributed by atoms with Gasteiger partial charge in [0.15, 0.2) is 0 Å². The summed E-state index contributed by atoms with van der Waals surface area (Å²) >= 11 is 7.64. The van der Waals surface area contributed by atoms with Gasteiger partial charge in [0.2, 0.25) is 11.8 Å². The number of carbonyl (C=O) groups is 2. The van der Waals surface area contributed by atoms with Crippen molar-refractivity contribution in [1.29, 1.82) is 0 Å². The largest absolute Gasteiger partial charge is 0.353 e. The highest BCUT2D eigenvalue weighted by molar-refractivity contribution is 7.98. The number of amides is 2. The summed E-state index contributed by atoms with van der Waals surface area (Å²) < 4.78 is 0. The van der Waals surface area contributed by atoms with E-state index in [-0.39, 0.29) is 23.1 Å². The van der Waals surface area contributed by atoms with Crippen molar-refractivity contribution in [2.75, 3.05) is 12.8 Å². The summed E-state index contributed by atoms with van der Waals surface area (Å²) in [6, 6.07) is 7.25. The van der Waals surface area contributed by atoms with E-state index in [0.717, 1.165) is 5.56 Å². The molecule has 1 aliphatic rings. The SMILES string of the molecule is CS[C@H](CNC(=O)[C@@H]1CCC(=O)N1)c1cccc(Cl)c1. The fourth-order valence-corrected chi connectivity index (χ4v) is 3.04. The van der Waals surface area contributed by atoms with E-state index in [2.05, 4.69) is 10.6 Å². The minimum Gasteiger partial charge on any atom is -0.353 e. The van der Waals surface area contributed by atoms with Gasteiger partial charge in [0, 0.05) is 23.2 Å². The lowest BCUT2D eigenvalue weighted by atomic mass is 10.1. The molecule has 4 nitrogen and oxygen atoms in total. The van der Waals surface area contributed by atoms with E-state index in [1.165, 1.54) is 0 Å². The fourth-order valence-electron chi connectivity index (χ4n) is 2.17. The van der Waals surface area contributed by atoms with Crippen LogP contribution in [-0.4, -0.2) is 30.7 Å². The monoisotopic (exact) mass is 312 g/mol. The molecule has 20 heavy (non-hydrogen) atoms. The summed E-state index contributed by atoms with van der Waals surface area (Å²) in [6.45, 7) is 0.521. The summed E-state index contributed by atoms with van der Waals surface area (Å²) in [5.41, 5.74) is 1.08. The third kappa shape index (κ3) is 3.90. The first-order valence-corrected chi connectivity index (χ1v) is 8.12. The number of hydrogen-bond donors (Lipinski definition) is 2. The van der Waals surface area contributed by atoms with Crippen molar-refractivity contribution >= 4 is 35.2 Å². The van der Waals surface area contributed by atoms with Gasteiger partial charge in [-0.15, -0.1) is 0 Å². The van der Waals surface area contributed by atoms with Gasteiger partial charge in [0.1, 0.15) is 6.04 Å². The topological polar surface area (TPSA) is 58.2 Å². The van der Waals surface area contributed by atoms with Gasteiger partial charge < -0.3 is 10.6 Å². The van der Waals surface area contributed by atoms with E-state index in [4.69, 9.17) is 11.6 Å². The molecule has 2 rings (SSSR count). The first-order valence-electron chi connectivity index (χ1n) is 6.45. The molecule has 1 aromatic carbocycles. The molecule has 2 N–H and O–H groups in total. The van der Waals surface area contributed by atoms with Crippen molar-refractivity contribution in [1.82, 2.24) is 10.6 Å². The van der Waals surface area contributed by atoms with Gasteiger partial charge in [-0.1, -0.05) is 23.7 Å². The third-order valence-electron chi connectivity index (χ3n) is 3.28. The quantitative estimate of drug-likeness (QED) is 0.876. The first-order chi connectivity index (χ1) is 9.60. The molecule has 0 aliphatic carbocycles. The number of halogens is 1. The summed E-state index contributed by atoms with van der Waals surface area (Å²) in [6.07, 6.45) is 3.00. The Labute approximate surface area is 127 Å². The second-order valence-electron chi connectivity index (χ2n) is 4.68. The van der Waals surface area contributed by atoms with Crippen LogP contribution in [0.4, 0.5) is 0 Å². The van der Waals surface area contributed by atoms with Gasteiger partial charge in [-0.2, -0.15) is 11.8 Å².